The Kier molecular flexibility index (Phi) is 6.42. The first-order chi connectivity index (χ1) is 11.0. The average Bonchev–Trinajstić information content (AvgIpc) is 2.50. The highest BCUT2D eigenvalue weighted by molar-refractivity contribution is 5.94. The molecule has 1 heterocycles. The van der Waals surface area contributed by atoms with E-state index in [0.29, 0.717) is 35.9 Å². The number of hydrogen-bond donors (Lipinski definition) is 1. The second kappa shape index (κ2) is 8.31. The van der Waals surface area contributed by atoms with Gasteiger partial charge in [-0.25, -0.2) is 0 Å². The summed E-state index contributed by atoms with van der Waals surface area (Å²) in [4.78, 5) is 13.0. The van der Waals surface area contributed by atoms with Crippen LogP contribution in [-0.2, 0) is 4.74 Å². The van der Waals surface area contributed by atoms with Crippen LogP contribution in [0, 0.1) is 0 Å². The molecule has 0 bridgehead atoms. The third-order valence-electron chi connectivity index (χ3n) is 4.12. The fourth-order valence-electron chi connectivity index (χ4n) is 3.10. The topological polar surface area (TPSA) is 49.2 Å². The van der Waals surface area contributed by atoms with Crippen LogP contribution in [0.4, 0.5) is 0 Å². The number of Topliss-reactive ketones (excluding diaryl/α,β-unsaturated/α-hetero) is 1. The highest BCUT2D eigenvalue weighted by atomic mass is 16.5. The lowest BCUT2D eigenvalue weighted by molar-refractivity contribution is -0.915. The van der Waals surface area contributed by atoms with E-state index in [0.717, 1.165) is 26.1 Å². The van der Waals surface area contributed by atoms with Crippen molar-refractivity contribution in [1.29, 1.82) is 0 Å². The van der Waals surface area contributed by atoms with Crippen LogP contribution < -0.4 is 14.4 Å². The van der Waals surface area contributed by atoms with Crippen LogP contribution in [0.2, 0.25) is 0 Å². The van der Waals surface area contributed by atoms with E-state index in [-0.39, 0.29) is 5.78 Å². The number of rotatable bonds is 7. The number of carbonyl (C=O) groups is 1. The van der Waals surface area contributed by atoms with Crippen LogP contribution in [0.3, 0.4) is 0 Å². The first-order valence-electron chi connectivity index (χ1n) is 8.30. The summed E-state index contributed by atoms with van der Waals surface area (Å²) >= 11 is 0. The van der Waals surface area contributed by atoms with E-state index in [1.54, 1.807) is 37.1 Å². The Morgan fingerprint density at radius 2 is 1.96 bits per heavy atom. The zero-order valence-electron chi connectivity index (χ0n) is 14.6. The van der Waals surface area contributed by atoms with Crippen LogP contribution in [0.25, 0.3) is 0 Å². The predicted octanol–water partition coefficient (Wildman–Crippen LogP) is 1.36. The summed E-state index contributed by atoms with van der Waals surface area (Å²) in [6.45, 7) is 9.64. The van der Waals surface area contributed by atoms with Crippen LogP contribution in [-0.4, -0.2) is 51.3 Å². The van der Waals surface area contributed by atoms with Gasteiger partial charge in [-0.1, -0.05) is 0 Å². The normalized spacial score (nSPS) is 24.3. The van der Waals surface area contributed by atoms with Gasteiger partial charge in [0.2, 0.25) is 0 Å². The molecule has 0 radical (unpaired) electrons. The molecule has 2 atom stereocenters. The van der Waals surface area contributed by atoms with Gasteiger partial charge in [0.15, 0.2) is 17.3 Å². The Bertz CT molecular complexity index is 522. The fourth-order valence-corrected chi connectivity index (χ4v) is 3.10. The quantitative estimate of drug-likeness (QED) is 0.608. The van der Waals surface area contributed by atoms with Crippen molar-refractivity contribution < 1.29 is 23.9 Å². The Morgan fingerprint density at radius 1 is 1.26 bits per heavy atom. The molecule has 1 aromatic carbocycles. The van der Waals surface area contributed by atoms with Crippen molar-refractivity contribution >= 4 is 5.78 Å². The summed E-state index contributed by atoms with van der Waals surface area (Å²) in [7, 11) is 1.59. The van der Waals surface area contributed by atoms with Crippen molar-refractivity contribution in [3.05, 3.63) is 23.8 Å². The van der Waals surface area contributed by atoms with Gasteiger partial charge < -0.3 is 19.1 Å². The summed E-state index contributed by atoms with van der Waals surface area (Å²) in [5, 5.41) is 0. The number of quaternary nitrogens is 1. The molecule has 1 aliphatic heterocycles. The zero-order chi connectivity index (χ0) is 16.8. The van der Waals surface area contributed by atoms with Gasteiger partial charge in [-0.05, 0) is 39.0 Å². The molecular formula is C18H28NO4+. The monoisotopic (exact) mass is 322 g/mol. The molecule has 1 fully saturated rings. The number of ketones is 1. The molecule has 0 unspecified atom stereocenters. The third-order valence-corrected chi connectivity index (χ3v) is 4.12. The zero-order valence-corrected chi connectivity index (χ0v) is 14.6. The molecule has 5 nitrogen and oxygen atoms in total. The highest BCUT2D eigenvalue weighted by Crippen LogP contribution is 2.28. The number of ether oxygens (including phenoxy) is 3. The summed E-state index contributed by atoms with van der Waals surface area (Å²) in [5.41, 5.74) is 0.634. The van der Waals surface area contributed by atoms with Crippen molar-refractivity contribution in [2.24, 2.45) is 0 Å². The second-order valence-corrected chi connectivity index (χ2v) is 6.29. The van der Waals surface area contributed by atoms with E-state index in [9.17, 15) is 4.79 Å². The van der Waals surface area contributed by atoms with Crippen LogP contribution in [0.1, 0.15) is 37.6 Å². The molecule has 23 heavy (non-hydrogen) atoms. The number of hydrogen-bond acceptors (Lipinski definition) is 4. The van der Waals surface area contributed by atoms with Gasteiger partial charge in [0, 0.05) is 12.0 Å². The minimum atomic E-state index is 0.0222. The third kappa shape index (κ3) is 5.22. The first kappa shape index (κ1) is 17.8. The van der Waals surface area contributed by atoms with Crippen LogP contribution in [0.5, 0.6) is 11.5 Å². The Hall–Kier alpha value is -1.59. The second-order valence-electron chi connectivity index (χ2n) is 6.29. The molecule has 0 spiro atoms. The number of nitrogens with one attached hydrogen (secondary N) is 1. The summed E-state index contributed by atoms with van der Waals surface area (Å²) < 4.78 is 16.9. The molecule has 128 valence electrons. The van der Waals surface area contributed by atoms with Gasteiger partial charge in [-0.3, -0.25) is 4.79 Å². The maximum atomic E-state index is 11.4. The lowest BCUT2D eigenvalue weighted by atomic mass is 10.1. The molecule has 1 N–H and O–H groups in total. The minimum Gasteiger partial charge on any atom is -0.493 e. The average molecular weight is 322 g/mol. The number of carbonyl (C=O) groups excluding carboxylic acids is 1. The number of methoxy groups -OCH3 is 1. The summed E-state index contributed by atoms with van der Waals surface area (Å²) in [6.07, 6.45) is 1.63. The SMILES string of the molecule is COc1cc(C(C)=O)ccc1OCCC[NH+]1C[C@H](C)O[C@@H](C)C1. The first-order valence-corrected chi connectivity index (χ1v) is 8.30. The maximum Gasteiger partial charge on any atom is 0.161 e. The molecule has 1 aromatic rings. The van der Waals surface area contributed by atoms with Crippen molar-refractivity contribution in [1.82, 2.24) is 0 Å². The van der Waals surface area contributed by atoms with Crippen LogP contribution in [0.15, 0.2) is 18.2 Å². The smallest absolute Gasteiger partial charge is 0.161 e. The van der Waals surface area contributed by atoms with E-state index >= 15 is 0 Å². The molecular weight excluding hydrogens is 294 g/mol. The van der Waals surface area contributed by atoms with E-state index in [1.807, 2.05) is 0 Å². The van der Waals surface area contributed by atoms with Crippen molar-refractivity contribution in [2.75, 3.05) is 33.4 Å². The van der Waals surface area contributed by atoms with Gasteiger partial charge in [-0.15, -0.1) is 0 Å². The summed E-state index contributed by atoms with van der Waals surface area (Å²) in [5.74, 6) is 1.32. The molecule has 0 amide bonds. The molecule has 0 aliphatic carbocycles. The number of benzene rings is 1. The fraction of sp³-hybridized carbons (Fsp3) is 0.611. The van der Waals surface area contributed by atoms with Gasteiger partial charge in [0.05, 0.1) is 20.3 Å². The Morgan fingerprint density at radius 3 is 2.57 bits per heavy atom. The van der Waals surface area contributed by atoms with Gasteiger partial charge >= 0.3 is 0 Å². The molecule has 5 heteroatoms. The molecule has 0 saturated carbocycles. The molecule has 0 aromatic heterocycles. The maximum absolute atomic E-state index is 11.4. The van der Waals surface area contributed by atoms with Crippen molar-refractivity contribution in [3.63, 3.8) is 0 Å². The van der Waals surface area contributed by atoms with E-state index in [2.05, 4.69) is 13.8 Å². The number of morpholine rings is 1. The highest BCUT2D eigenvalue weighted by Gasteiger charge is 2.24. The van der Waals surface area contributed by atoms with Crippen molar-refractivity contribution in [3.8, 4) is 11.5 Å². The minimum absolute atomic E-state index is 0.0222. The van der Waals surface area contributed by atoms with Gasteiger partial charge in [0.1, 0.15) is 25.3 Å². The van der Waals surface area contributed by atoms with E-state index in [1.165, 1.54) is 0 Å². The predicted molar refractivity (Wildman–Crippen MR) is 88.7 cm³/mol. The summed E-state index contributed by atoms with van der Waals surface area (Å²) in [6, 6.07) is 5.31. The lowest BCUT2D eigenvalue weighted by Gasteiger charge is -2.32. The van der Waals surface area contributed by atoms with E-state index < -0.39 is 0 Å². The standard InChI is InChI=1S/C18H27NO4/c1-13-11-19(12-14(2)23-13)8-5-9-22-17-7-6-16(15(3)20)10-18(17)21-4/h6-7,10,13-14H,5,8-9,11-12H2,1-4H3/p+1/t13-,14-/m0/s1. The van der Waals surface area contributed by atoms with Crippen molar-refractivity contribution in [2.45, 2.75) is 39.4 Å². The Balaban J connectivity index is 1.81. The Labute approximate surface area is 138 Å². The molecule has 2 rings (SSSR count). The van der Waals surface area contributed by atoms with Gasteiger partial charge in [0.25, 0.3) is 0 Å². The van der Waals surface area contributed by atoms with Crippen LogP contribution >= 0.6 is 0 Å². The van der Waals surface area contributed by atoms with E-state index in [4.69, 9.17) is 14.2 Å². The lowest BCUT2D eigenvalue weighted by Crippen LogP contribution is -3.15. The molecule has 1 aliphatic rings. The molecule has 1 saturated heterocycles. The van der Waals surface area contributed by atoms with Gasteiger partial charge in [-0.2, -0.15) is 0 Å². The largest absolute Gasteiger partial charge is 0.493 e.